The Labute approximate surface area is 138 Å². The lowest BCUT2D eigenvalue weighted by Gasteiger charge is -2.07. The molecule has 23 heavy (non-hydrogen) atoms. The standard InChI is InChI=1S/C16H19N3O3S/c20-14(17-9-13-6-3-7-22-13)8-12-10-23-16(18-12)19-15(21)11-4-1-2-5-11/h3,6-7,10-11H,1-2,4-5,8-9H2,(H,17,20)(H,18,19,21). The van der Waals surface area contributed by atoms with Crippen molar-refractivity contribution < 1.29 is 14.0 Å². The van der Waals surface area contributed by atoms with Gasteiger partial charge in [-0.15, -0.1) is 11.3 Å². The molecule has 0 aliphatic heterocycles. The van der Waals surface area contributed by atoms with Gasteiger partial charge >= 0.3 is 0 Å². The molecule has 2 heterocycles. The first-order valence-corrected chi connectivity index (χ1v) is 8.63. The fraction of sp³-hybridized carbons (Fsp3) is 0.438. The lowest BCUT2D eigenvalue weighted by Crippen LogP contribution is -2.24. The summed E-state index contributed by atoms with van der Waals surface area (Å²) in [6, 6.07) is 3.58. The first-order valence-electron chi connectivity index (χ1n) is 7.75. The highest BCUT2D eigenvalue weighted by atomic mass is 32.1. The number of thiazole rings is 1. The molecule has 1 aliphatic carbocycles. The maximum atomic E-state index is 12.0. The summed E-state index contributed by atoms with van der Waals surface area (Å²) in [7, 11) is 0. The number of aromatic nitrogens is 1. The molecule has 2 N–H and O–H groups in total. The van der Waals surface area contributed by atoms with Gasteiger partial charge in [0.05, 0.1) is 24.9 Å². The summed E-state index contributed by atoms with van der Waals surface area (Å²) in [6.07, 6.45) is 5.92. The van der Waals surface area contributed by atoms with Crippen LogP contribution in [0.1, 0.15) is 37.1 Å². The molecule has 2 amide bonds. The number of carbonyl (C=O) groups is 2. The molecule has 3 rings (SSSR count). The van der Waals surface area contributed by atoms with Gasteiger partial charge in [0, 0.05) is 11.3 Å². The van der Waals surface area contributed by atoms with Gasteiger partial charge in [0.25, 0.3) is 0 Å². The van der Waals surface area contributed by atoms with Crippen molar-refractivity contribution in [3.05, 3.63) is 35.2 Å². The third kappa shape index (κ3) is 4.41. The van der Waals surface area contributed by atoms with Gasteiger partial charge in [-0.1, -0.05) is 12.8 Å². The molecule has 1 saturated carbocycles. The summed E-state index contributed by atoms with van der Waals surface area (Å²) < 4.78 is 5.15. The van der Waals surface area contributed by atoms with E-state index >= 15 is 0 Å². The first-order chi connectivity index (χ1) is 11.2. The van der Waals surface area contributed by atoms with E-state index in [1.807, 2.05) is 0 Å². The van der Waals surface area contributed by atoms with Crippen molar-refractivity contribution >= 4 is 28.3 Å². The summed E-state index contributed by atoms with van der Waals surface area (Å²) in [5.74, 6) is 0.742. The molecular weight excluding hydrogens is 314 g/mol. The van der Waals surface area contributed by atoms with Gasteiger partial charge in [0.15, 0.2) is 5.13 Å². The highest BCUT2D eigenvalue weighted by Gasteiger charge is 2.23. The van der Waals surface area contributed by atoms with Crippen LogP contribution in [0.15, 0.2) is 28.2 Å². The Morgan fingerprint density at radius 1 is 1.35 bits per heavy atom. The monoisotopic (exact) mass is 333 g/mol. The number of nitrogens with one attached hydrogen (secondary N) is 2. The number of rotatable bonds is 6. The van der Waals surface area contributed by atoms with E-state index in [0.717, 1.165) is 25.7 Å². The Hall–Kier alpha value is -2.15. The molecule has 7 heteroatoms. The zero-order chi connectivity index (χ0) is 16.1. The minimum absolute atomic E-state index is 0.0469. The first kappa shape index (κ1) is 15.7. The van der Waals surface area contributed by atoms with E-state index in [1.54, 1.807) is 23.8 Å². The van der Waals surface area contributed by atoms with Gasteiger partial charge in [0.2, 0.25) is 11.8 Å². The van der Waals surface area contributed by atoms with Crippen molar-refractivity contribution in [1.29, 1.82) is 0 Å². The lowest BCUT2D eigenvalue weighted by atomic mass is 10.1. The van der Waals surface area contributed by atoms with E-state index in [1.165, 1.54) is 11.3 Å². The number of furan rings is 1. The number of hydrogen-bond acceptors (Lipinski definition) is 5. The van der Waals surface area contributed by atoms with Crippen molar-refractivity contribution in [3.8, 4) is 0 Å². The summed E-state index contributed by atoms with van der Waals surface area (Å²) in [5, 5.41) is 7.99. The zero-order valence-electron chi connectivity index (χ0n) is 12.7. The quantitative estimate of drug-likeness (QED) is 0.851. The fourth-order valence-corrected chi connectivity index (χ4v) is 3.38. The number of anilines is 1. The average Bonchev–Trinajstić information content (AvgIpc) is 3.28. The van der Waals surface area contributed by atoms with Gasteiger partial charge in [-0.2, -0.15) is 0 Å². The van der Waals surface area contributed by atoms with E-state index in [9.17, 15) is 9.59 Å². The molecule has 6 nitrogen and oxygen atoms in total. The van der Waals surface area contributed by atoms with Crippen LogP contribution in [0.4, 0.5) is 5.13 Å². The van der Waals surface area contributed by atoms with E-state index in [4.69, 9.17) is 4.42 Å². The molecule has 0 aromatic carbocycles. The highest BCUT2D eigenvalue weighted by molar-refractivity contribution is 7.13. The predicted octanol–water partition coefficient (Wildman–Crippen LogP) is 2.72. The summed E-state index contributed by atoms with van der Waals surface area (Å²) in [5.41, 5.74) is 0.661. The Morgan fingerprint density at radius 3 is 2.91 bits per heavy atom. The summed E-state index contributed by atoms with van der Waals surface area (Å²) in [4.78, 5) is 28.2. The van der Waals surface area contributed by atoms with E-state index < -0.39 is 0 Å². The van der Waals surface area contributed by atoms with Crippen LogP contribution in [-0.2, 0) is 22.6 Å². The van der Waals surface area contributed by atoms with E-state index in [2.05, 4.69) is 15.6 Å². The van der Waals surface area contributed by atoms with Crippen LogP contribution in [0.25, 0.3) is 0 Å². The molecule has 0 radical (unpaired) electrons. The highest BCUT2D eigenvalue weighted by Crippen LogP contribution is 2.26. The molecule has 2 aromatic rings. The SMILES string of the molecule is O=C(Cc1csc(NC(=O)C2CCCC2)n1)NCc1ccco1. The molecule has 0 atom stereocenters. The number of amides is 2. The maximum Gasteiger partial charge on any atom is 0.229 e. The summed E-state index contributed by atoms with van der Waals surface area (Å²) >= 11 is 1.35. The summed E-state index contributed by atoms with van der Waals surface area (Å²) in [6.45, 7) is 0.362. The van der Waals surface area contributed by atoms with Crippen molar-refractivity contribution in [2.24, 2.45) is 5.92 Å². The molecule has 0 bridgehead atoms. The van der Waals surface area contributed by atoms with Crippen LogP contribution >= 0.6 is 11.3 Å². The Bertz CT molecular complexity index is 660. The minimum Gasteiger partial charge on any atom is -0.467 e. The fourth-order valence-electron chi connectivity index (χ4n) is 2.67. The largest absolute Gasteiger partial charge is 0.467 e. The topological polar surface area (TPSA) is 84.2 Å². The third-order valence-corrected chi connectivity index (χ3v) is 4.70. The van der Waals surface area contributed by atoms with Gasteiger partial charge < -0.3 is 15.1 Å². The molecule has 0 spiro atoms. The Morgan fingerprint density at radius 2 is 2.17 bits per heavy atom. The van der Waals surface area contributed by atoms with Crippen molar-refractivity contribution in [1.82, 2.24) is 10.3 Å². The number of nitrogens with zero attached hydrogens (tertiary/aromatic N) is 1. The van der Waals surface area contributed by atoms with Crippen LogP contribution in [0.3, 0.4) is 0 Å². The molecule has 1 aliphatic rings. The second-order valence-electron chi connectivity index (χ2n) is 5.65. The molecule has 2 aromatic heterocycles. The van der Waals surface area contributed by atoms with Gasteiger partial charge in [-0.3, -0.25) is 9.59 Å². The van der Waals surface area contributed by atoms with Gasteiger partial charge in [-0.05, 0) is 25.0 Å². The van der Waals surface area contributed by atoms with Crippen LogP contribution in [-0.4, -0.2) is 16.8 Å². The molecular formula is C16H19N3O3S. The molecule has 122 valence electrons. The van der Waals surface area contributed by atoms with Crippen molar-refractivity contribution in [2.45, 2.75) is 38.6 Å². The second kappa shape index (κ2) is 7.41. The van der Waals surface area contributed by atoms with Gasteiger partial charge in [0.1, 0.15) is 5.76 Å². The van der Waals surface area contributed by atoms with Crippen LogP contribution < -0.4 is 10.6 Å². The molecule has 1 fully saturated rings. The third-order valence-electron chi connectivity index (χ3n) is 3.89. The molecule has 0 unspecified atom stereocenters. The smallest absolute Gasteiger partial charge is 0.229 e. The average molecular weight is 333 g/mol. The van der Waals surface area contributed by atoms with E-state index in [0.29, 0.717) is 23.1 Å². The van der Waals surface area contributed by atoms with Crippen LogP contribution in [0.5, 0.6) is 0 Å². The maximum absolute atomic E-state index is 12.0. The Balaban J connectivity index is 1.46. The van der Waals surface area contributed by atoms with Crippen molar-refractivity contribution in [2.75, 3.05) is 5.32 Å². The lowest BCUT2D eigenvalue weighted by molar-refractivity contribution is -0.121. The normalized spacial score (nSPS) is 14.8. The van der Waals surface area contributed by atoms with Crippen LogP contribution in [0, 0.1) is 5.92 Å². The van der Waals surface area contributed by atoms with Crippen molar-refractivity contribution in [3.63, 3.8) is 0 Å². The molecule has 0 saturated heterocycles. The van der Waals surface area contributed by atoms with Gasteiger partial charge in [-0.25, -0.2) is 4.98 Å². The number of carbonyl (C=O) groups excluding carboxylic acids is 2. The Kier molecular flexibility index (Phi) is 5.07. The minimum atomic E-state index is -0.125. The second-order valence-corrected chi connectivity index (χ2v) is 6.51. The zero-order valence-corrected chi connectivity index (χ0v) is 13.5. The predicted molar refractivity (Wildman–Crippen MR) is 87.0 cm³/mol. The van der Waals surface area contributed by atoms with Crippen LogP contribution in [0.2, 0.25) is 0 Å². The van der Waals surface area contributed by atoms with E-state index in [-0.39, 0.29) is 24.2 Å². The number of hydrogen-bond donors (Lipinski definition) is 2.